The van der Waals surface area contributed by atoms with Crippen LogP contribution in [-0.2, 0) is 16.6 Å². The molecule has 96 valence electrons. The zero-order valence-corrected chi connectivity index (χ0v) is 11.0. The van der Waals surface area contributed by atoms with Crippen molar-refractivity contribution < 1.29 is 12.8 Å². The van der Waals surface area contributed by atoms with Gasteiger partial charge in [-0.1, -0.05) is 13.0 Å². The van der Waals surface area contributed by atoms with Crippen LogP contribution in [0.3, 0.4) is 0 Å². The van der Waals surface area contributed by atoms with Crippen LogP contribution in [0.25, 0.3) is 0 Å². The second kappa shape index (κ2) is 5.57. The molecule has 0 aliphatic carbocycles. The van der Waals surface area contributed by atoms with Crippen molar-refractivity contribution in [1.29, 1.82) is 0 Å². The lowest BCUT2D eigenvalue weighted by Gasteiger charge is -2.17. The third kappa shape index (κ3) is 3.02. The summed E-state index contributed by atoms with van der Waals surface area (Å²) in [5.74, 6) is -0.548. The van der Waals surface area contributed by atoms with E-state index >= 15 is 0 Å². The lowest BCUT2D eigenvalue weighted by atomic mass is 10.2. The maximum atomic E-state index is 13.2. The number of nitrogens with zero attached hydrogens (tertiary/aromatic N) is 1. The fraction of sp³-hybridized carbons (Fsp3) is 0.455. The van der Waals surface area contributed by atoms with Gasteiger partial charge in [-0.15, -0.1) is 0 Å². The van der Waals surface area contributed by atoms with Crippen LogP contribution in [0.15, 0.2) is 23.1 Å². The van der Waals surface area contributed by atoms with Crippen LogP contribution in [0.4, 0.5) is 4.39 Å². The SMILES string of the molecule is CCN(C)S(=O)(=O)c1cc(F)ccc1CNC. The van der Waals surface area contributed by atoms with Gasteiger partial charge in [-0.25, -0.2) is 17.1 Å². The highest BCUT2D eigenvalue weighted by atomic mass is 32.2. The molecule has 0 unspecified atom stereocenters. The summed E-state index contributed by atoms with van der Waals surface area (Å²) in [6.45, 7) is 2.46. The first-order valence-electron chi connectivity index (χ1n) is 5.32. The first kappa shape index (κ1) is 14.1. The van der Waals surface area contributed by atoms with Gasteiger partial charge < -0.3 is 5.32 Å². The second-order valence-electron chi connectivity index (χ2n) is 3.70. The van der Waals surface area contributed by atoms with Crippen LogP contribution in [0, 0.1) is 5.82 Å². The smallest absolute Gasteiger partial charge is 0.243 e. The summed E-state index contributed by atoms with van der Waals surface area (Å²) in [6.07, 6.45) is 0. The van der Waals surface area contributed by atoms with Crippen LogP contribution in [0.2, 0.25) is 0 Å². The van der Waals surface area contributed by atoms with Crippen molar-refractivity contribution in [3.63, 3.8) is 0 Å². The van der Waals surface area contributed by atoms with Gasteiger partial charge in [0.1, 0.15) is 5.82 Å². The fourth-order valence-corrected chi connectivity index (χ4v) is 2.85. The van der Waals surface area contributed by atoms with Gasteiger partial charge in [0.05, 0.1) is 4.90 Å². The molecule has 17 heavy (non-hydrogen) atoms. The van der Waals surface area contributed by atoms with Crippen molar-refractivity contribution in [3.8, 4) is 0 Å². The molecule has 0 bridgehead atoms. The Balaban J connectivity index is 3.33. The maximum absolute atomic E-state index is 13.2. The molecule has 0 aliphatic rings. The molecule has 1 aromatic rings. The molecule has 0 saturated heterocycles. The van der Waals surface area contributed by atoms with Gasteiger partial charge in [-0.2, -0.15) is 0 Å². The van der Waals surface area contributed by atoms with Crippen molar-refractivity contribution in [2.24, 2.45) is 0 Å². The van der Waals surface area contributed by atoms with Gasteiger partial charge in [-0.3, -0.25) is 0 Å². The average molecular weight is 260 g/mol. The van der Waals surface area contributed by atoms with E-state index in [-0.39, 0.29) is 4.90 Å². The minimum atomic E-state index is -3.61. The third-order valence-corrected chi connectivity index (χ3v) is 4.54. The number of halogens is 1. The topological polar surface area (TPSA) is 49.4 Å². The van der Waals surface area contributed by atoms with Crippen molar-refractivity contribution in [2.45, 2.75) is 18.4 Å². The predicted molar refractivity (Wildman–Crippen MR) is 64.7 cm³/mol. The number of sulfonamides is 1. The average Bonchev–Trinajstić information content (AvgIpc) is 2.30. The summed E-state index contributed by atoms with van der Waals surface area (Å²) in [4.78, 5) is 0.0243. The molecular weight excluding hydrogens is 243 g/mol. The highest BCUT2D eigenvalue weighted by Gasteiger charge is 2.23. The van der Waals surface area contributed by atoms with Gasteiger partial charge >= 0.3 is 0 Å². The highest BCUT2D eigenvalue weighted by Crippen LogP contribution is 2.20. The van der Waals surface area contributed by atoms with E-state index in [0.29, 0.717) is 18.7 Å². The quantitative estimate of drug-likeness (QED) is 0.865. The van der Waals surface area contributed by atoms with Crippen LogP contribution in [-0.4, -0.2) is 33.4 Å². The van der Waals surface area contributed by atoms with E-state index < -0.39 is 15.8 Å². The Morgan fingerprint density at radius 3 is 2.59 bits per heavy atom. The molecular formula is C11H17FN2O2S. The van der Waals surface area contributed by atoms with Crippen molar-refractivity contribution in [1.82, 2.24) is 9.62 Å². The fourth-order valence-electron chi connectivity index (χ4n) is 1.44. The summed E-state index contributed by atoms with van der Waals surface area (Å²) in [7, 11) is -0.424. The Bertz CT molecular complexity index is 488. The number of benzene rings is 1. The van der Waals surface area contributed by atoms with E-state index in [9.17, 15) is 12.8 Å². The van der Waals surface area contributed by atoms with Gasteiger partial charge in [0, 0.05) is 20.1 Å². The second-order valence-corrected chi connectivity index (χ2v) is 5.71. The number of nitrogens with one attached hydrogen (secondary N) is 1. The Kier molecular flexibility index (Phi) is 4.62. The molecule has 1 rings (SSSR count). The van der Waals surface area contributed by atoms with E-state index in [1.165, 1.54) is 23.5 Å². The molecule has 1 N–H and O–H groups in total. The van der Waals surface area contributed by atoms with Crippen LogP contribution in [0.1, 0.15) is 12.5 Å². The minimum Gasteiger partial charge on any atom is -0.316 e. The highest BCUT2D eigenvalue weighted by molar-refractivity contribution is 7.89. The summed E-state index contributed by atoms with van der Waals surface area (Å²) in [5, 5.41) is 2.87. The van der Waals surface area contributed by atoms with Crippen molar-refractivity contribution in [2.75, 3.05) is 20.6 Å². The lowest BCUT2D eigenvalue weighted by molar-refractivity contribution is 0.484. The van der Waals surface area contributed by atoms with Crippen molar-refractivity contribution >= 4 is 10.0 Å². The molecule has 0 atom stereocenters. The van der Waals surface area contributed by atoms with Gasteiger partial charge in [-0.05, 0) is 24.7 Å². The Morgan fingerprint density at radius 2 is 2.06 bits per heavy atom. The van der Waals surface area contributed by atoms with Gasteiger partial charge in [0.15, 0.2) is 0 Å². The largest absolute Gasteiger partial charge is 0.316 e. The summed E-state index contributed by atoms with van der Waals surface area (Å²) < 4.78 is 38.7. The zero-order valence-electron chi connectivity index (χ0n) is 10.2. The van der Waals surface area contributed by atoms with Crippen LogP contribution >= 0.6 is 0 Å². The first-order chi connectivity index (χ1) is 7.93. The normalized spacial score (nSPS) is 12.1. The number of rotatable bonds is 5. The third-order valence-electron chi connectivity index (χ3n) is 2.53. The van der Waals surface area contributed by atoms with E-state index in [0.717, 1.165) is 6.07 Å². The first-order valence-corrected chi connectivity index (χ1v) is 6.76. The van der Waals surface area contributed by atoms with E-state index in [1.54, 1.807) is 14.0 Å². The van der Waals surface area contributed by atoms with Gasteiger partial charge in [0.25, 0.3) is 0 Å². The standard InChI is InChI=1S/C11H17FN2O2S/c1-4-14(3)17(15,16)11-7-10(12)6-5-9(11)8-13-2/h5-7,13H,4,8H2,1-3H3. The van der Waals surface area contributed by atoms with E-state index in [2.05, 4.69) is 5.32 Å². The molecule has 0 heterocycles. The molecule has 0 fully saturated rings. The Hall–Kier alpha value is -0.980. The number of hydrogen-bond acceptors (Lipinski definition) is 3. The lowest BCUT2D eigenvalue weighted by Crippen LogP contribution is -2.28. The minimum absolute atomic E-state index is 0.0243. The predicted octanol–water partition coefficient (Wildman–Crippen LogP) is 1.19. The van der Waals surface area contributed by atoms with E-state index in [4.69, 9.17) is 0 Å². The summed E-state index contributed by atoms with van der Waals surface area (Å²) >= 11 is 0. The van der Waals surface area contributed by atoms with Gasteiger partial charge in [0.2, 0.25) is 10.0 Å². The molecule has 1 aromatic carbocycles. The Labute approximate surface area is 101 Å². The van der Waals surface area contributed by atoms with Crippen molar-refractivity contribution in [3.05, 3.63) is 29.6 Å². The zero-order chi connectivity index (χ0) is 13.1. The maximum Gasteiger partial charge on any atom is 0.243 e. The van der Waals surface area contributed by atoms with Crippen LogP contribution < -0.4 is 5.32 Å². The summed E-state index contributed by atoms with van der Waals surface area (Å²) in [5.41, 5.74) is 0.564. The van der Waals surface area contributed by atoms with E-state index in [1.807, 2.05) is 0 Å². The molecule has 0 aliphatic heterocycles. The monoisotopic (exact) mass is 260 g/mol. The number of hydrogen-bond donors (Lipinski definition) is 1. The summed E-state index contributed by atoms with van der Waals surface area (Å²) in [6, 6.07) is 3.81. The molecule has 0 spiro atoms. The molecule has 0 saturated carbocycles. The van der Waals surface area contributed by atoms with Crippen LogP contribution in [0.5, 0.6) is 0 Å². The Morgan fingerprint density at radius 1 is 1.41 bits per heavy atom. The molecule has 0 aromatic heterocycles. The molecule has 0 amide bonds. The molecule has 0 radical (unpaired) electrons. The molecule has 4 nitrogen and oxygen atoms in total. The molecule has 6 heteroatoms.